The standard InChI is InChI=1S/C22H25N5O3S/c1-14-17(13-18(28)29)15(2)27-21(23-14)24-22(25-27)31-19(16-9-5-3-6-10-16)20(30)26-11-7-4-8-12-26/h3,5-6,9-10,19H,4,7-8,11-13H2,1-2H3,(H,28,29)/t19-/m1/s1. The number of carbonyl (C=O) groups excluding carboxylic acids is 1. The summed E-state index contributed by atoms with van der Waals surface area (Å²) in [4.78, 5) is 35.5. The SMILES string of the molecule is Cc1nc2nc(S[C@@H](C(=O)N3CCCCC3)c3ccccc3)nn2c(C)c1CC(=O)O. The van der Waals surface area contributed by atoms with Gasteiger partial charge in [0, 0.05) is 30.0 Å². The quantitative estimate of drug-likeness (QED) is 0.589. The maximum absolute atomic E-state index is 13.4. The van der Waals surface area contributed by atoms with E-state index < -0.39 is 11.2 Å². The second-order valence-corrected chi connectivity index (χ2v) is 8.80. The molecule has 162 valence electrons. The number of aromatic nitrogens is 4. The number of aryl methyl sites for hydroxylation is 2. The number of thioether (sulfide) groups is 1. The lowest BCUT2D eigenvalue weighted by atomic mass is 10.1. The second kappa shape index (κ2) is 9.05. The number of piperidine rings is 1. The molecule has 2 aromatic heterocycles. The van der Waals surface area contributed by atoms with Gasteiger partial charge in [-0.1, -0.05) is 42.1 Å². The van der Waals surface area contributed by atoms with Gasteiger partial charge in [0.15, 0.2) is 0 Å². The highest BCUT2D eigenvalue weighted by Crippen LogP contribution is 2.36. The normalized spacial score (nSPS) is 15.2. The zero-order chi connectivity index (χ0) is 22.0. The molecule has 0 spiro atoms. The Morgan fingerprint density at radius 3 is 2.48 bits per heavy atom. The van der Waals surface area contributed by atoms with Crippen LogP contribution in [0, 0.1) is 13.8 Å². The number of fused-ring (bicyclic) bond motifs is 1. The molecule has 8 nitrogen and oxygen atoms in total. The van der Waals surface area contributed by atoms with Crippen LogP contribution >= 0.6 is 11.8 Å². The highest BCUT2D eigenvalue weighted by atomic mass is 32.2. The van der Waals surface area contributed by atoms with Gasteiger partial charge in [-0.3, -0.25) is 9.59 Å². The van der Waals surface area contributed by atoms with Crippen molar-refractivity contribution in [2.45, 2.75) is 49.9 Å². The molecule has 0 saturated carbocycles. The first-order valence-corrected chi connectivity index (χ1v) is 11.3. The predicted octanol–water partition coefficient (Wildman–Crippen LogP) is 3.21. The largest absolute Gasteiger partial charge is 0.481 e. The average molecular weight is 440 g/mol. The van der Waals surface area contributed by atoms with Gasteiger partial charge in [-0.2, -0.15) is 4.98 Å². The number of likely N-dealkylation sites (tertiary alicyclic amines) is 1. The molecule has 9 heteroatoms. The first-order valence-electron chi connectivity index (χ1n) is 10.4. The minimum atomic E-state index is -0.918. The van der Waals surface area contributed by atoms with Crippen molar-refractivity contribution in [2.75, 3.05) is 13.1 Å². The van der Waals surface area contributed by atoms with E-state index in [1.807, 2.05) is 42.2 Å². The van der Waals surface area contributed by atoms with Gasteiger partial charge < -0.3 is 10.0 Å². The third-order valence-electron chi connectivity index (χ3n) is 5.58. The molecule has 4 rings (SSSR count). The first-order chi connectivity index (χ1) is 14.9. The molecule has 0 unspecified atom stereocenters. The van der Waals surface area contributed by atoms with Crippen LogP contribution in [-0.4, -0.2) is 54.6 Å². The van der Waals surface area contributed by atoms with Gasteiger partial charge in [0.2, 0.25) is 11.1 Å². The number of aliphatic carboxylic acids is 1. The fourth-order valence-corrected chi connectivity index (χ4v) is 4.94. The van der Waals surface area contributed by atoms with Gasteiger partial charge in [0.1, 0.15) is 5.25 Å². The van der Waals surface area contributed by atoms with Crippen molar-refractivity contribution >= 4 is 29.4 Å². The molecule has 1 aliphatic heterocycles. The summed E-state index contributed by atoms with van der Waals surface area (Å²) in [6, 6.07) is 9.69. The van der Waals surface area contributed by atoms with Gasteiger partial charge in [0.05, 0.1) is 6.42 Å². The van der Waals surface area contributed by atoms with E-state index in [1.165, 1.54) is 11.8 Å². The zero-order valence-corrected chi connectivity index (χ0v) is 18.4. The summed E-state index contributed by atoms with van der Waals surface area (Å²) >= 11 is 1.31. The fourth-order valence-electron chi connectivity index (χ4n) is 3.92. The smallest absolute Gasteiger partial charge is 0.307 e. The Morgan fingerprint density at radius 2 is 1.81 bits per heavy atom. The van der Waals surface area contributed by atoms with E-state index in [4.69, 9.17) is 0 Å². The number of hydrogen-bond donors (Lipinski definition) is 1. The molecule has 1 aliphatic rings. The van der Waals surface area contributed by atoms with Crippen LogP contribution in [0.5, 0.6) is 0 Å². The van der Waals surface area contributed by atoms with Crippen molar-refractivity contribution in [3.8, 4) is 0 Å². The first kappa shape index (κ1) is 21.3. The van der Waals surface area contributed by atoms with Crippen molar-refractivity contribution in [1.82, 2.24) is 24.5 Å². The number of carboxylic acid groups (broad SMARTS) is 1. The van der Waals surface area contributed by atoms with Crippen molar-refractivity contribution in [3.05, 3.63) is 52.8 Å². The highest BCUT2D eigenvalue weighted by Gasteiger charge is 2.29. The van der Waals surface area contributed by atoms with Gasteiger partial charge in [0.25, 0.3) is 5.78 Å². The minimum absolute atomic E-state index is 0.0715. The van der Waals surface area contributed by atoms with Gasteiger partial charge in [-0.25, -0.2) is 9.50 Å². The van der Waals surface area contributed by atoms with Crippen LogP contribution in [0.1, 0.15) is 47.0 Å². The number of benzene rings is 1. The van der Waals surface area contributed by atoms with E-state index >= 15 is 0 Å². The molecular formula is C22H25N5O3S. The Kier molecular flexibility index (Phi) is 6.22. The summed E-state index contributed by atoms with van der Waals surface area (Å²) in [5.74, 6) is -0.440. The maximum Gasteiger partial charge on any atom is 0.307 e. The molecule has 1 saturated heterocycles. The van der Waals surface area contributed by atoms with Crippen LogP contribution in [0.2, 0.25) is 0 Å². The lowest BCUT2D eigenvalue weighted by Gasteiger charge is -2.30. The molecule has 0 bridgehead atoms. The summed E-state index contributed by atoms with van der Waals surface area (Å²) in [5, 5.41) is 13.8. The molecule has 0 aliphatic carbocycles. The van der Waals surface area contributed by atoms with Crippen molar-refractivity contribution in [2.24, 2.45) is 0 Å². The monoisotopic (exact) mass is 439 g/mol. The Bertz CT molecular complexity index is 1110. The van der Waals surface area contributed by atoms with Crippen LogP contribution in [0.3, 0.4) is 0 Å². The Morgan fingerprint density at radius 1 is 1.10 bits per heavy atom. The van der Waals surface area contributed by atoms with Gasteiger partial charge in [-0.15, -0.1) is 5.10 Å². The predicted molar refractivity (Wildman–Crippen MR) is 117 cm³/mol. The topological polar surface area (TPSA) is 101 Å². The Balaban J connectivity index is 1.68. The molecule has 1 amide bonds. The summed E-state index contributed by atoms with van der Waals surface area (Å²) in [6.45, 7) is 5.15. The molecular weight excluding hydrogens is 414 g/mol. The van der Waals surface area contributed by atoms with E-state index in [2.05, 4.69) is 15.1 Å². The Hall–Kier alpha value is -2.94. The molecule has 1 fully saturated rings. The van der Waals surface area contributed by atoms with E-state index in [0.717, 1.165) is 37.9 Å². The highest BCUT2D eigenvalue weighted by molar-refractivity contribution is 8.00. The van der Waals surface area contributed by atoms with Crippen molar-refractivity contribution in [3.63, 3.8) is 0 Å². The second-order valence-electron chi connectivity index (χ2n) is 7.73. The molecule has 3 aromatic rings. The number of amides is 1. The third-order valence-corrected chi connectivity index (χ3v) is 6.67. The number of carboxylic acids is 1. The molecule has 1 aromatic carbocycles. The van der Waals surface area contributed by atoms with E-state index in [-0.39, 0.29) is 12.3 Å². The van der Waals surface area contributed by atoms with Crippen LogP contribution in [0.15, 0.2) is 35.5 Å². The number of carbonyl (C=O) groups is 2. The summed E-state index contributed by atoms with van der Waals surface area (Å²) in [6.07, 6.45) is 3.09. The van der Waals surface area contributed by atoms with Gasteiger partial charge >= 0.3 is 5.97 Å². The van der Waals surface area contributed by atoms with Crippen molar-refractivity contribution in [1.29, 1.82) is 0 Å². The lowest BCUT2D eigenvalue weighted by molar-refractivity contribution is -0.136. The molecule has 0 radical (unpaired) electrons. The lowest BCUT2D eigenvalue weighted by Crippen LogP contribution is -2.38. The summed E-state index contributed by atoms with van der Waals surface area (Å²) < 4.78 is 1.57. The fraction of sp³-hybridized carbons (Fsp3) is 0.409. The van der Waals surface area contributed by atoms with Crippen LogP contribution in [0.4, 0.5) is 0 Å². The van der Waals surface area contributed by atoms with Crippen molar-refractivity contribution < 1.29 is 14.7 Å². The molecule has 3 heterocycles. The van der Waals surface area contributed by atoms with E-state index in [9.17, 15) is 14.7 Å². The zero-order valence-electron chi connectivity index (χ0n) is 17.6. The Labute approximate surface area is 184 Å². The number of hydrogen-bond acceptors (Lipinski definition) is 6. The van der Waals surface area contributed by atoms with E-state index in [1.54, 1.807) is 11.4 Å². The minimum Gasteiger partial charge on any atom is -0.481 e. The molecule has 31 heavy (non-hydrogen) atoms. The van der Waals surface area contributed by atoms with Gasteiger partial charge in [-0.05, 0) is 38.7 Å². The van der Waals surface area contributed by atoms with Crippen LogP contribution in [-0.2, 0) is 16.0 Å². The molecule has 1 atom stereocenters. The van der Waals surface area contributed by atoms with Crippen LogP contribution < -0.4 is 0 Å². The number of nitrogens with zero attached hydrogens (tertiary/aromatic N) is 5. The summed E-state index contributed by atoms with van der Waals surface area (Å²) in [7, 11) is 0. The van der Waals surface area contributed by atoms with E-state index in [0.29, 0.717) is 27.9 Å². The van der Waals surface area contributed by atoms with Crippen LogP contribution in [0.25, 0.3) is 5.78 Å². The summed E-state index contributed by atoms with van der Waals surface area (Å²) in [5.41, 5.74) is 2.86. The number of rotatable bonds is 6. The maximum atomic E-state index is 13.4. The molecule has 1 N–H and O–H groups in total. The third kappa shape index (κ3) is 4.56. The average Bonchev–Trinajstić information content (AvgIpc) is 3.18.